The number of carbonyl (C=O) groups is 2. The molecule has 0 bridgehead atoms. The number of ether oxygens (including phenoxy) is 1. The van der Waals surface area contributed by atoms with E-state index in [1.165, 1.54) is 18.2 Å². The van der Waals surface area contributed by atoms with Gasteiger partial charge in [-0.3, -0.25) is 4.79 Å². The first-order valence-electron chi connectivity index (χ1n) is 8.88. The minimum Gasteiger partial charge on any atom is -0.465 e. The predicted octanol–water partition coefficient (Wildman–Crippen LogP) is 3.39. The first-order valence-corrected chi connectivity index (χ1v) is 8.88. The molecule has 1 unspecified atom stereocenters. The summed E-state index contributed by atoms with van der Waals surface area (Å²) in [5, 5.41) is 6.27. The van der Waals surface area contributed by atoms with Crippen LogP contribution in [0.3, 0.4) is 0 Å². The summed E-state index contributed by atoms with van der Waals surface area (Å²) in [6.07, 6.45) is 3.13. The molecule has 0 saturated carbocycles. The fourth-order valence-electron chi connectivity index (χ4n) is 3.43. The van der Waals surface area contributed by atoms with Gasteiger partial charge in [0, 0.05) is 5.69 Å². The van der Waals surface area contributed by atoms with E-state index in [2.05, 4.69) is 22.8 Å². The van der Waals surface area contributed by atoms with Crippen molar-refractivity contribution >= 4 is 17.6 Å². The van der Waals surface area contributed by atoms with Crippen molar-refractivity contribution < 1.29 is 14.3 Å². The lowest BCUT2D eigenvalue weighted by molar-refractivity contribution is -0.120. The van der Waals surface area contributed by atoms with Gasteiger partial charge in [-0.15, -0.1) is 0 Å². The standard InChI is InChI=1S/C21H24N2O3/c1-14-12-16(21(25)26-2)10-11-18(14)22-13-20(24)23-19-9-5-7-15-6-3-4-8-17(15)19/h3-4,6,8,10-12,19,22H,5,7,9,13H2,1-2H3,(H,23,24). The van der Waals surface area contributed by atoms with Gasteiger partial charge in [0.25, 0.3) is 0 Å². The molecule has 0 radical (unpaired) electrons. The van der Waals surface area contributed by atoms with Crippen LogP contribution in [0, 0.1) is 6.92 Å². The number of carbonyl (C=O) groups excluding carboxylic acids is 2. The zero-order chi connectivity index (χ0) is 18.5. The van der Waals surface area contributed by atoms with Gasteiger partial charge in [0.2, 0.25) is 5.91 Å². The molecule has 1 atom stereocenters. The maximum atomic E-state index is 12.4. The summed E-state index contributed by atoms with van der Waals surface area (Å²) < 4.78 is 4.72. The first kappa shape index (κ1) is 18.0. The molecule has 0 aliphatic heterocycles. The van der Waals surface area contributed by atoms with Crippen LogP contribution in [0.4, 0.5) is 5.69 Å². The number of amides is 1. The van der Waals surface area contributed by atoms with E-state index in [1.807, 2.05) is 19.1 Å². The summed E-state index contributed by atoms with van der Waals surface area (Å²) in [5.74, 6) is -0.406. The molecule has 26 heavy (non-hydrogen) atoms. The molecule has 1 aliphatic rings. The van der Waals surface area contributed by atoms with Crippen molar-refractivity contribution in [3.8, 4) is 0 Å². The molecular weight excluding hydrogens is 328 g/mol. The van der Waals surface area contributed by atoms with E-state index in [-0.39, 0.29) is 24.5 Å². The number of nitrogens with one attached hydrogen (secondary N) is 2. The molecule has 2 N–H and O–H groups in total. The van der Waals surface area contributed by atoms with Gasteiger partial charge in [-0.1, -0.05) is 24.3 Å². The van der Waals surface area contributed by atoms with Crippen LogP contribution in [-0.2, 0) is 16.0 Å². The maximum absolute atomic E-state index is 12.4. The fourth-order valence-corrected chi connectivity index (χ4v) is 3.43. The summed E-state index contributed by atoms with van der Waals surface area (Å²) >= 11 is 0. The number of hydrogen-bond acceptors (Lipinski definition) is 4. The van der Waals surface area contributed by atoms with E-state index >= 15 is 0 Å². The van der Waals surface area contributed by atoms with E-state index in [0.29, 0.717) is 5.56 Å². The van der Waals surface area contributed by atoms with E-state index in [4.69, 9.17) is 4.74 Å². The minimum absolute atomic E-state index is 0.0388. The molecule has 0 saturated heterocycles. The average Bonchev–Trinajstić information content (AvgIpc) is 2.66. The fraction of sp³-hybridized carbons (Fsp3) is 0.333. The van der Waals surface area contributed by atoms with Crippen LogP contribution in [0.5, 0.6) is 0 Å². The summed E-state index contributed by atoms with van der Waals surface area (Å²) in [6.45, 7) is 2.08. The third-order valence-corrected chi connectivity index (χ3v) is 4.79. The lowest BCUT2D eigenvalue weighted by Crippen LogP contribution is -2.35. The van der Waals surface area contributed by atoms with Crippen molar-refractivity contribution in [1.29, 1.82) is 0 Å². The molecule has 0 fully saturated rings. The third-order valence-electron chi connectivity index (χ3n) is 4.79. The Morgan fingerprint density at radius 1 is 1.19 bits per heavy atom. The molecule has 1 amide bonds. The van der Waals surface area contributed by atoms with Crippen molar-refractivity contribution in [2.75, 3.05) is 19.0 Å². The smallest absolute Gasteiger partial charge is 0.337 e. The van der Waals surface area contributed by atoms with Crippen molar-refractivity contribution in [2.24, 2.45) is 0 Å². The van der Waals surface area contributed by atoms with Crippen LogP contribution >= 0.6 is 0 Å². The van der Waals surface area contributed by atoms with Crippen LogP contribution in [0.1, 0.15) is 45.9 Å². The molecule has 3 rings (SSSR count). The first-order chi connectivity index (χ1) is 12.6. The number of aryl methyl sites for hydroxylation is 2. The quantitative estimate of drug-likeness (QED) is 0.810. The normalized spacial score (nSPS) is 15.7. The Morgan fingerprint density at radius 2 is 2.00 bits per heavy atom. The van der Waals surface area contributed by atoms with Crippen molar-refractivity contribution in [1.82, 2.24) is 5.32 Å². The highest BCUT2D eigenvalue weighted by molar-refractivity contribution is 5.90. The molecule has 1 aliphatic carbocycles. The second kappa shape index (κ2) is 8.04. The second-order valence-electron chi connectivity index (χ2n) is 6.59. The zero-order valence-corrected chi connectivity index (χ0v) is 15.2. The summed E-state index contributed by atoms with van der Waals surface area (Å²) in [5.41, 5.74) is 4.77. The number of rotatable bonds is 5. The molecule has 5 nitrogen and oxygen atoms in total. The third kappa shape index (κ3) is 4.04. The van der Waals surface area contributed by atoms with E-state index in [9.17, 15) is 9.59 Å². The van der Waals surface area contributed by atoms with Crippen LogP contribution < -0.4 is 10.6 Å². The molecule has 0 aromatic heterocycles. The second-order valence-corrected chi connectivity index (χ2v) is 6.59. The number of hydrogen-bond donors (Lipinski definition) is 2. The highest BCUT2D eigenvalue weighted by Gasteiger charge is 2.21. The van der Waals surface area contributed by atoms with Crippen LogP contribution in [0.25, 0.3) is 0 Å². The Balaban J connectivity index is 1.59. The molecule has 2 aromatic carbocycles. The molecular formula is C21H24N2O3. The number of anilines is 1. The predicted molar refractivity (Wildman–Crippen MR) is 101 cm³/mol. The molecule has 2 aromatic rings. The van der Waals surface area contributed by atoms with Gasteiger partial charge in [0.05, 0.1) is 25.3 Å². The Kier molecular flexibility index (Phi) is 5.56. The van der Waals surface area contributed by atoms with Gasteiger partial charge < -0.3 is 15.4 Å². The monoisotopic (exact) mass is 352 g/mol. The van der Waals surface area contributed by atoms with Crippen LogP contribution in [0.2, 0.25) is 0 Å². The highest BCUT2D eigenvalue weighted by Crippen LogP contribution is 2.29. The van der Waals surface area contributed by atoms with E-state index in [0.717, 1.165) is 30.5 Å². The Morgan fingerprint density at radius 3 is 2.77 bits per heavy atom. The largest absolute Gasteiger partial charge is 0.465 e. The Labute approximate surface area is 153 Å². The number of fused-ring (bicyclic) bond motifs is 1. The average molecular weight is 352 g/mol. The summed E-state index contributed by atoms with van der Waals surface area (Å²) in [7, 11) is 1.36. The molecule has 5 heteroatoms. The maximum Gasteiger partial charge on any atom is 0.337 e. The lowest BCUT2D eigenvalue weighted by Gasteiger charge is -2.26. The van der Waals surface area contributed by atoms with E-state index < -0.39 is 0 Å². The number of benzene rings is 2. The van der Waals surface area contributed by atoms with Gasteiger partial charge in [-0.25, -0.2) is 4.79 Å². The van der Waals surface area contributed by atoms with Gasteiger partial charge >= 0.3 is 5.97 Å². The van der Waals surface area contributed by atoms with Gasteiger partial charge in [-0.05, 0) is 61.1 Å². The van der Waals surface area contributed by atoms with Crippen molar-refractivity contribution in [3.05, 3.63) is 64.7 Å². The van der Waals surface area contributed by atoms with Crippen LogP contribution in [-0.4, -0.2) is 25.5 Å². The highest BCUT2D eigenvalue weighted by atomic mass is 16.5. The SMILES string of the molecule is COC(=O)c1ccc(NCC(=O)NC2CCCc3ccccc32)c(C)c1. The summed E-state index contributed by atoms with van der Waals surface area (Å²) in [6, 6.07) is 13.6. The van der Waals surface area contributed by atoms with Gasteiger partial charge in [0.1, 0.15) is 0 Å². The Bertz CT molecular complexity index is 817. The number of esters is 1. The zero-order valence-electron chi connectivity index (χ0n) is 15.2. The van der Waals surface area contributed by atoms with Gasteiger partial charge in [0.15, 0.2) is 0 Å². The number of methoxy groups -OCH3 is 1. The van der Waals surface area contributed by atoms with E-state index in [1.54, 1.807) is 18.2 Å². The van der Waals surface area contributed by atoms with Crippen molar-refractivity contribution in [2.45, 2.75) is 32.2 Å². The summed E-state index contributed by atoms with van der Waals surface area (Å²) in [4.78, 5) is 23.9. The van der Waals surface area contributed by atoms with Gasteiger partial charge in [-0.2, -0.15) is 0 Å². The molecule has 0 spiro atoms. The topological polar surface area (TPSA) is 67.4 Å². The minimum atomic E-state index is -0.367. The lowest BCUT2D eigenvalue weighted by atomic mass is 9.88. The molecule has 136 valence electrons. The van der Waals surface area contributed by atoms with Crippen molar-refractivity contribution in [3.63, 3.8) is 0 Å². The van der Waals surface area contributed by atoms with Crippen LogP contribution in [0.15, 0.2) is 42.5 Å². The molecule has 0 heterocycles. The Hall–Kier alpha value is -2.82.